The number of nitro benzene ring substituents is 1. The lowest BCUT2D eigenvalue weighted by Crippen LogP contribution is -2.13. The summed E-state index contributed by atoms with van der Waals surface area (Å²) in [6.45, 7) is 1.89. The van der Waals surface area contributed by atoms with Crippen LogP contribution < -0.4 is 10.1 Å². The van der Waals surface area contributed by atoms with Gasteiger partial charge in [-0.3, -0.25) is 14.9 Å². The van der Waals surface area contributed by atoms with Crippen LogP contribution in [-0.4, -0.2) is 10.8 Å². The summed E-state index contributed by atoms with van der Waals surface area (Å²) < 4.78 is 44.1. The third kappa shape index (κ3) is 5.98. The van der Waals surface area contributed by atoms with Gasteiger partial charge >= 0.3 is 11.9 Å². The van der Waals surface area contributed by atoms with Gasteiger partial charge in [0.1, 0.15) is 17.4 Å². The molecule has 0 aliphatic rings. The molecular formula is C24H16F3N3O4. The summed E-state index contributed by atoms with van der Waals surface area (Å²) in [6, 6.07) is 16.6. The number of alkyl halides is 3. The fourth-order valence-electron chi connectivity index (χ4n) is 2.87. The van der Waals surface area contributed by atoms with Crippen molar-refractivity contribution in [2.75, 3.05) is 5.32 Å². The molecule has 0 aliphatic carbocycles. The van der Waals surface area contributed by atoms with Gasteiger partial charge < -0.3 is 10.1 Å². The number of carbonyl (C=O) groups is 1. The molecule has 7 nitrogen and oxygen atoms in total. The van der Waals surface area contributed by atoms with Crippen molar-refractivity contribution in [1.82, 2.24) is 0 Å². The van der Waals surface area contributed by atoms with Crippen LogP contribution in [0.15, 0.2) is 72.3 Å². The highest BCUT2D eigenvalue weighted by Gasteiger charge is 2.33. The van der Waals surface area contributed by atoms with Crippen LogP contribution in [-0.2, 0) is 11.0 Å². The summed E-state index contributed by atoms with van der Waals surface area (Å²) in [5.41, 5.74) is -0.379. The third-order valence-electron chi connectivity index (χ3n) is 4.55. The Morgan fingerprint density at radius 3 is 2.44 bits per heavy atom. The van der Waals surface area contributed by atoms with Crippen LogP contribution in [0, 0.1) is 28.4 Å². The maximum atomic E-state index is 12.9. The zero-order valence-corrected chi connectivity index (χ0v) is 17.6. The van der Waals surface area contributed by atoms with Crippen molar-refractivity contribution in [2.45, 2.75) is 13.1 Å². The number of carbonyl (C=O) groups excluding carboxylic acids is 1. The fraction of sp³-hybridized carbons (Fsp3) is 0.0833. The molecule has 0 spiro atoms. The molecule has 1 N–H and O–H groups in total. The second kappa shape index (κ2) is 9.87. The van der Waals surface area contributed by atoms with Gasteiger partial charge in [0.15, 0.2) is 0 Å². The molecule has 0 unspecified atom stereocenters. The maximum absolute atomic E-state index is 12.9. The van der Waals surface area contributed by atoms with E-state index in [1.165, 1.54) is 24.3 Å². The second-order valence-corrected chi connectivity index (χ2v) is 7.10. The number of aryl methyl sites for hydroxylation is 1. The molecule has 10 heteroatoms. The van der Waals surface area contributed by atoms with E-state index in [0.29, 0.717) is 23.4 Å². The maximum Gasteiger partial charge on any atom is 0.416 e. The summed E-state index contributed by atoms with van der Waals surface area (Å²) >= 11 is 0. The van der Waals surface area contributed by atoms with E-state index in [4.69, 9.17) is 4.74 Å². The van der Waals surface area contributed by atoms with E-state index < -0.39 is 34.0 Å². The van der Waals surface area contributed by atoms with Gasteiger partial charge in [-0.1, -0.05) is 29.8 Å². The van der Waals surface area contributed by atoms with Crippen LogP contribution in [0.3, 0.4) is 0 Å². The van der Waals surface area contributed by atoms with Gasteiger partial charge in [0.2, 0.25) is 5.75 Å². The number of rotatable bonds is 6. The minimum Gasteiger partial charge on any atom is -0.450 e. The van der Waals surface area contributed by atoms with Gasteiger partial charge in [0.25, 0.3) is 5.91 Å². The molecule has 0 radical (unpaired) electrons. The van der Waals surface area contributed by atoms with Gasteiger partial charge in [-0.2, -0.15) is 18.4 Å². The standard InChI is InChI=1S/C24H16F3N3O4/c1-15-5-8-19(9-6-15)29-23(31)17(14-28)11-16-3-2-4-20(12-16)34-22-10-7-18(24(25,26)27)13-21(22)30(32)33/h2-13H,1H3,(H,29,31)/b17-11-. The van der Waals surface area contributed by atoms with Gasteiger partial charge in [-0.15, -0.1) is 0 Å². The molecule has 0 saturated heterocycles. The number of amides is 1. The Balaban J connectivity index is 1.85. The highest BCUT2D eigenvalue weighted by atomic mass is 19.4. The Hall–Kier alpha value is -4.65. The molecule has 0 heterocycles. The molecule has 0 aliphatic heterocycles. The zero-order valence-electron chi connectivity index (χ0n) is 17.6. The first-order chi connectivity index (χ1) is 16.1. The van der Waals surface area contributed by atoms with Gasteiger partial charge in [0, 0.05) is 11.8 Å². The first-order valence-electron chi connectivity index (χ1n) is 9.70. The lowest BCUT2D eigenvalue weighted by Gasteiger charge is -2.10. The van der Waals surface area contributed by atoms with Crippen LogP contribution in [0.25, 0.3) is 6.08 Å². The molecule has 172 valence electrons. The molecular weight excluding hydrogens is 451 g/mol. The summed E-state index contributed by atoms with van der Waals surface area (Å²) in [5.74, 6) is -0.972. The van der Waals surface area contributed by atoms with E-state index in [1.807, 2.05) is 13.0 Å². The van der Waals surface area contributed by atoms with Crippen molar-refractivity contribution in [3.05, 3.63) is 99.1 Å². The summed E-state index contributed by atoms with van der Waals surface area (Å²) in [4.78, 5) is 22.7. The number of hydrogen-bond donors (Lipinski definition) is 1. The van der Waals surface area contributed by atoms with Gasteiger partial charge in [0.05, 0.1) is 10.5 Å². The van der Waals surface area contributed by atoms with Crippen LogP contribution in [0.5, 0.6) is 11.5 Å². The number of nitrogens with zero attached hydrogens (tertiary/aromatic N) is 2. The summed E-state index contributed by atoms with van der Waals surface area (Å²) in [7, 11) is 0. The number of nitro groups is 1. The summed E-state index contributed by atoms with van der Waals surface area (Å²) in [5, 5.41) is 23.3. The van der Waals surface area contributed by atoms with E-state index in [0.717, 1.165) is 11.6 Å². The average molecular weight is 467 g/mol. The van der Waals surface area contributed by atoms with Crippen molar-refractivity contribution >= 4 is 23.4 Å². The molecule has 3 aromatic rings. The molecule has 3 aromatic carbocycles. The number of halogens is 3. The molecule has 0 saturated carbocycles. The zero-order chi connectivity index (χ0) is 24.9. The monoisotopic (exact) mass is 467 g/mol. The first-order valence-corrected chi connectivity index (χ1v) is 9.70. The SMILES string of the molecule is Cc1ccc(NC(=O)/C(C#N)=C\c2cccc(Oc3ccc(C(F)(F)F)cc3[N+](=O)[O-])c2)cc1. The number of ether oxygens (including phenoxy) is 1. The van der Waals surface area contributed by atoms with Crippen LogP contribution >= 0.6 is 0 Å². The predicted molar refractivity (Wildman–Crippen MR) is 118 cm³/mol. The van der Waals surface area contributed by atoms with E-state index >= 15 is 0 Å². The van der Waals surface area contributed by atoms with Crippen molar-refractivity contribution in [1.29, 1.82) is 5.26 Å². The van der Waals surface area contributed by atoms with E-state index in [2.05, 4.69) is 5.32 Å². The van der Waals surface area contributed by atoms with E-state index in [1.54, 1.807) is 30.3 Å². The Labute approximate surface area is 191 Å². The molecule has 34 heavy (non-hydrogen) atoms. The van der Waals surface area contributed by atoms with Crippen LogP contribution in [0.2, 0.25) is 0 Å². The smallest absolute Gasteiger partial charge is 0.416 e. The highest BCUT2D eigenvalue weighted by Crippen LogP contribution is 2.38. The lowest BCUT2D eigenvalue weighted by atomic mass is 10.1. The molecule has 0 fully saturated rings. The van der Waals surface area contributed by atoms with Crippen molar-refractivity contribution in [3.8, 4) is 17.6 Å². The lowest BCUT2D eigenvalue weighted by molar-refractivity contribution is -0.385. The second-order valence-electron chi connectivity index (χ2n) is 7.10. The largest absolute Gasteiger partial charge is 0.450 e. The third-order valence-corrected chi connectivity index (χ3v) is 4.55. The van der Waals surface area contributed by atoms with Crippen LogP contribution in [0.1, 0.15) is 16.7 Å². The minimum atomic E-state index is -4.75. The number of benzene rings is 3. The van der Waals surface area contributed by atoms with Gasteiger partial charge in [-0.05, 0) is 55.0 Å². The topological polar surface area (TPSA) is 105 Å². The van der Waals surface area contributed by atoms with E-state index in [-0.39, 0.29) is 11.3 Å². The van der Waals surface area contributed by atoms with E-state index in [9.17, 15) is 33.3 Å². The molecule has 0 atom stereocenters. The Bertz CT molecular complexity index is 1310. The van der Waals surface area contributed by atoms with Gasteiger partial charge in [-0.25, -0.2) is 0 Å². The quantitative estimate of drug-likeness (QED) is 0.199. The summed E-state index contributed by atoms with van der Waals surface area (Å²) in [6.07, 6.45) is -3.46. The van der Waals surface area contributed by atoms with Crippen molar-refractivity contribution < 1.29 is 27.6 Å². The van der Waals surface area contributed by atoms with Crippen molar-refractivity contribution in [3.63, 3.8) is 0 Å². The number of anilines is 1. The Morgan fingerprint density at radius 2 is 1.82 bits per heavy atom. The molecule has 0 bridgehead atoms. The molecule has 0 aromatic heterocycles. The molecule has 3 rings (SSSR count). The predicted octanol–water partition coefficient (Wildman–Crippen LogP) is 6.26. The minimum absolute atomic E-state index is 0.0628. The Kier molecular flexibility index (Phi) is 6.97. The number of nitrogens with one attached hydrogen (secondary N) is 1. The number of hydrogen-bond acceptors (Lipinski definition) is 5. The average Bonchev–Trinajstić information content (AvgIpc) is 2.78. The first kappa shape index (κ1) is 24.0. The highest BCUT2D eigenvalue weighted by molar-refractivity contribution is 6.09. The van der Waals surface area contributed by atoms with Crippen LogP contribution in [0.4, 0.5) is 24.5 Å². The Morgan fingerprint density at radius 1 is 1.12 bits per heavy atom. The number of nitriles is 1. The molecule has 1 amide bonds. The van der Waals surface area contributed by atoms with Crippen molar-refractivity contribution in [2.24, 2.45) is 0 Å². The normalized spacial score (nSPS) is 11.4. The fourth-order valence-corrected chi connectivity index (χ4v) is 2.87.